The van der Waals surface area contributed by atoms with Crippen LogP contribution >= 0.6 is 0 Å². The van der Waals surface area contributed by atoms with E-state index in [2.05, 4.69) is 12.1 Å². The van der Waals surface area contributed by atoms with Gasteiger partial charge in [-0.3, -0.25) is 4.79 Å². The quantitative estimate of drug-likeness (QED) is 0.287. The standard InChI is InChI=1S/C33H23N3O2/c34-21-29-31(25-13-9-16-27(20-25)38-26-14-5-2-6-15-26)33(22-35,32(37)24-11-3-1-4-12-24)30-19-18-23-10-7-8-17-28(23)36(29)30/h1-20,29-31H/t29-,30-,31-,33-/m1/s1. The van der Waals surface area contributed by atoms with Crippen LogP contribution in [0, 0.1) is 28.1 Å². The minimum absolute atomic E-state index is 0.295. The summed E-state index contributed by atoms with van der Waals surface area (Å²) in [6, 6.07) is 37.0. The van der Waals surface area contributed by atoms with Crippen molar-refractivity contribution in [2.45, 2.75) is 18.0 Å². The number of anilines is 1. The Hall–Kier alpha value is -5.13. The van der Waals surface area contributed by atoms with Crippen molar-refractivity contribution in [3.05, 3.63) is 132 Å². The van der Waals surface area contributed by atoms with E-state index >= 15 is 0 Å². The second-order valence-corrected chi connectivity index (χ2v) is 9.49. The number of ketones is 1. The Morgan fingerprint density at radius 1 is 0.816 bits per heavy atom. The van der Waals surface area contributed by atoms with E-state index in [-0.39, 0.29) is 5.78 Å². The molecule has 2 heterocycles. The van der Waals surface area contributed by atoms with E-state index in [9.17, 15) is 15.3 Å². The summed E-state index contributed by atoms with van der Waals surface area (Å²) in [4.78, 5) is 16.3. The van der Waals surface area contributed by atoms with Crippen molar-refractivity contribution in [2.75, 3.05) is 4.90 Å². The number of hydrogen-bond acceptors (Lipinski definition) is 5. The molecule has 38 heavy (non-hydrogen) atoms. The van der Waals surface area contributed by atoms with Crippen LogP contribution in [0.15, 0.2) is 115 Å². The van der Waals surface area contributed by atoms with Gasteiger partial charge in [-0.05, 0) is 41.5 Å². The van der Waals surface area contributed by atoms with Crippen LogP contribution in [0.25, 0.3) is 6.08 Å². The number of benzene rings is 4. The largest absolute Gasteiger partial charge is 0.457 e. The smallest absolute Gasteiger partial charge is 0.186 e. The molecule has 0 unspecified atom stereocenters. The van der Waals surface area contributed by atoms with Crippen LogP contribution in [0.4, 0.5) is 5.69 Å². The second-order valence-electron chi connectivity index (χ2n) is 9.49. The van der Waals surface area contributed by atoms with Crippen molar-refractivity contribution in [1.82, 2.24) is 0 Å². The van der Waals surface area contributed by atoms with E-state index in [1.54, 1.807) is 24.3 Å². The summed E-state index contributed by atoms with van der Waals surface area (Å²) in [5.74, 6) is 0.224. The van der Waals surface area contributed by atoms with Crippen LogP contribution < -0.4 is 9.64 Å². The Morgan fingerprint density at radius 3 is 2.24 bits per heavy atom. The van der Waals surface area contributed by atoms with Gasteiger partial charge < -0.3 is 9.64 Å². The summed E-state index contributed by atoms with van der Waals surface area (Å²) in [7, 11) is 0. The highest BCUT2D eigenvalue weighted by atomic mass is 16.5. The predicted molar refractivity (Wildman–Crippen MR) is 146 cm³/mol. The molecule has 4 aromatic rings. The van der Waals surface area contributed by atoms with E-state index in [1.165, 1.54) is 0 Å². The lowest BCUT2D eigenvalue weighted by Crippen LogP contribution is -2.45. The zero-order valence-corrected chi connectivity index (χ0v) is 20.4. The fourth-order valence-corrected chi connectivity index (χ4v) is 5.86. The zero-order valence-electron chi connectivity index (χ0n) is 20.4. The maximum atomic E-state index is 14.4. The highest BCUT2D eigenvalue weighted by molar-refractivity contribution is 6.05. The number of carbonyl (C=O) groups is 1. The number of carbonyl (C=O) groups excluding carboxylic acids is 1. The van der Waals surface area contributed by atoms with Crippen LogP contribution in [0.2, 0.25) is 0 Å². The molecule has 2 aliphatic heterocycles. The van der Waals surface area contributed by atoms with Crippen LogP contribution in [0.3, 0.4) is 0 Å². The van der Waals surface area contributed by atoms with Gasteiger partial charge in [0.05, 0.1) is 18.2 Å². The average Bonchev–Trinajstić information content (AvgIpc) is 3.29. The molecule has 6 rings (SSSR count). The first-order valence-corrected chi connectivity index (χ1v) is 12.5. The minimum atomic E-state index is -1.54. The van der Waals surface area contributed by atoms with Crippen molar-refractivity contribution in [3.63, 3.8) is 0 Å². The first-order chi connectivity index (χ1) is 18.7. The molecular formula is C33H23N3O2. The molecule has 182 valence electrons. The molecule has 2 aliphatic rings. The van der Waals surface area contributed by atoms with Gasteiger partial charge in [0, 0.05) is 17.2 Å². The third kappa shape index (κ3) is 3.57. The Kier molecular flexibility index (Phi) is 5.75. The summed E-state index contributed by atoms with van der Waals surface area (Å²) in [6.07, 6.45) is 3.85. The van der Waals surface area contributed by atoms with Crippen LogP contribution in [-0.4, -0.2) is 17.9 Å². The molecule has 0 radical (unpaired) electrons. The van der Waals surface area contributed by atoms with E-state index in [4.69, 9.17) is 4.74 Å². The van der Waals surface area contributed by atoms with Crippen LogP contribution in [0.5, 0.6) is 11.5 Å². The van der Waals surface area contributed by atoms with Crippen molar-refractivity contribution < 1.29 is 9.53 Å². The van der Waals surface area contributed by atoms with Crippen LogP contribution in [-0.2, 0) is 0 Å². The molecule has 1 saturated heterocycles. The van der Waals surface area contributed by atoms with Gasteiger partial charge >= 0.3 is 0 Å². The van der Waals surface area contributed by atoms with E-state index in [0.717, 1.165) is 11.3 Å². The molecule has 0 saturated carbocycles. The zero-order chi connectivity index (χ0) is 26.1. The third-order valence-electron chi connectivity index (χ3n) is 7.47. The van der Waals surface area contributed by atoms with Gasteiger partial charge in [0.15, 0.2) is 11.2 Å². The summed E-state index contributed by atoms with van der Waals surface area (Å²) in [6.45, 7) is 0. The maximum absolute atomic E-state index is 14.4. The monoisotopic (exact) mass is 493 g/mol. The van der Waals surface area contributed by atoms with Gasteiger partial charge in [0.2, 0.25) is 0 Å². The molecule has 4 aromatic carbocycles. The molecule has 0 bridgehead atoms. The van der Waals surface area contributed by atoms with Gasteiger partial charge in [-0.25, -0.2) is 0 Å². The highest BCUT2D eigenvalue weighted by Gasteiger charge is 2.64. The van der Waals surface area contributed by atoms with Crippen molar-refractivity contribution >= 4 is 17.5 Å². The number of fused-ring (bicyclic) bond motifs is 3. The van der Waals surface area contributed by atoms with Crippen LogP contribution in [0.1, 0.15) is 27.4 Å². The molecule has 0 amide bonds. The fraction of sp³-hybridized carbons (Fsp3) is 0.121. The molecule has 5 heteroatoms. The molecule has 0 N–H and O–H groups in total. The van der Waals surface area contributed by atoms with Gasteiger partial charge in [-0.2, -0.15) is 10.5 Å². The Labute approximate surface area is 221 Å². The van der Waals surface area contributed by atoms with Crippen molar-refractivity contribution in [1.29, 1.82) is 10.5 Å². The van der Waals surface area contributed by atoms with Gasteiger partial charge in [-0.1, -0.05) is 91.0 Å². The van der Waals surface area contributed by atoms with Crippen molar-refractivity contribution in [3.8, 4) is 23.6 Å². The van der Waals surface area contributed by atoms with Crippen molar-refractivity contribution in [2.24, 2.45) is 5.41 Å². The lowest BCUT2D eigenvalue weighted by molar-refractivity contribution is 0.0841. The first kappa shape index (κ1) is 23.3. The summed E-state index contributed by atoms with van der Waals surface area (Å²) in [5, 5.41) is 21.5. The number of rotatable bonds is 5. The average molecular weight is 494 g/mol. The highest BCUT2D eigenvalue weighted by Crippen LogP contribution is 2.56. The third-order valence-corrected chi connectivity index (χ3v) is 7.47. The summed E-state index contributed by atoms with van der Waals surface area (Å²) >= 11 is 0. The predicted octanol–water partition coefficient (Wildman–Crippen LogP) is 6.76. The molecule has 4 atom stereocenters. The number of nitrogens with zero attached hydrogens (tertiary/aromatic N) is 3. The number of hydrogen-bond donors (Lipinski definition) is 0. The molecular weight excluding hydrogens is 470 g/mol. The minimum Gasteiger partial charge on any atom is -0.457 e. The lowest BCUT2D eigenvalue weighted by atomic mass is 9.65. The normalized spacial score (nSPS) is 23.0. The van der Waals surface area contributed by atoms with Gasteiger partial charge in [0.1, 0.15) is 17.5 Å². The summed E-state index contributed by atoms with van der Waals surface area (Å²) in [5.41, 5.74) is 1.39. The number of nitriles is 2. The Bertz CT molecular complexity index is 1620. The lowest BCUT2D eigenvalue weighted by Gasteiger charge is -2.35. The molecule has 0 aliphatic carbocycles. The first-order valence-electron chi connectivity index (χ1n) is 12.5. The Morgan fingerprint density at radius 2 is 1.50 bits per heavy atom. The molecule has 0 spiro atoms. The molecule has 5 nitrogen and oxygen atoms in total. The maximum Gasteiger partial charge on any atom is 0.186 e. The number of Topliss-reactive ketones (excluding diaryl/α,β-unsaturated/α-hetero) is 1. The number of para-hydroxylation sites is 2. The Balaban J connectivity index is 1.55. The SMILES string of the molecule is N#C[C@@H]1[C@@H](c2cccc(Oc3ccccc3)c2)[C@](C#N)(C(=O)c2ccccc2)[C@H]2C=Cc3ccccc3N12. The molecule has 0 aromatic heterocycles. The summed E-state index contributed by atoms with van der Waals surface area (Å²) < 4.78 is 6.09. The van der Waals surface area contributed by atoms with Gasteiger partial charge in [-0.15, -0.1) is 0 Å². The molecule has 1 fully saturated rings. The number of ether oxygens (including phenoxy) is 1. The van der Waals surface area contributed by atoms with Gasteiger partial charge in [0.25, 0.3) is 0 Å². The van der Waals surface area contributed by atoms with E-state index in [0.29, 0.717) is 22.6 Å². The van der Waals surface area contributed by atoms with E-state index in [1.807, 2.05) is 102 Å². The second kappa shape index (κ2) is 9.39. The van der Waals surface area contributed by atoms with E-state index < -0.39 is 23.4 Å². The topological polar surface area (TPSA) is 77.1 Å². The fourth-order valence-electron chi connectivity index (χ4n) is 5.86.